The molecule has 0 aliphatic carbocycles. The van der Waals surface area contributed by atoms with E-state index in [1.807, 2.05) is 11.0 Å². The standard InChI is InChI=1S/C20H17F3N2O4S/c21-20(22,23)19(26)29-15-12-24(13-15)11-14-5-4-8-18-17(14)9-10-25(18)30(27,28)16-6-2-1-3-7-16/h1-10,15H,11-13H2. The maximum Gasteiger partial charge on any atom is 0.490 e. The predicted molar refractivity (Wildman–Crippen MR) is 102 cm³/mol. The summed E-state index contributed by atoms with van der Waals surface area (Å²) in [6.45, 7) is 0.759. The molecule has 158 valence electrons. The van der Waals surface area contributed by atoms with Crippen molar-refractivity contribution in [2.75, 3.05) is 13.1 Å². The fraction of sp³-hybridized carbons (Fsp3) is 0.250. The first kappa shape index (κ1) is 20.4. The third kappa shape index (κ3) is 3.80. The molecule has 4 rings (SSSR count). The lowest BCUT2D eigenvalue weighted by molar-refractivity contribution is -0.211. The van der Waals surface area contributed by atoms with E-state index in [9.17, 15) is 26.4 Å². The normalized spacial score (nSPS) is 15.8. The van der Waals surface area contributed by atoms with Gasteiger partial charge in [0.15, 0.2) is 0 Å². The lowest BCUT2D eigenvalue weighted by Crippen LogP contribution is -2.53. The molecule has 1 aliphatic rings. The predicted octanol–water partition coefficient (Wildman–Crippen LogP) is 3.17. The van der Waals surface area contributed by atoms with Crippen LogP contribution in [0, 0.1) is 0 Å². The van der Waals surface area contributed by atoms with Crippen molar-refractivity contribution >= 4 is 26.9 Å². The number of aromatic nitrogens is 1. The first-order valence-electron chi connectivity index (χ1n) is 9.06. The van der Waals surface area contributed by atoms with Crippen molar-refractivity contribution in [1.29, 1.82) is 0 Å². The molecule has 2 aromatic carbocycles. The summed E-state index contributed by atoms with van der Waals surface area (Å²) in [5, 5.41) is 0.729. The van der Waals surface area contributed by atoms with Crippen LogP contribution in [0.15, 0.2) is 65.7 Å². The van der Waals surface area contributed by atoms with E-state index in [1.54, 1.807) is 36.4 Å². The van der Waals surface area contributed by atoms with Gasteiger partial charge in [-0.1, -0.05) is 30.3 Å². The topological polar surface area (TPSA) is 68.6 Å². The minimum atomic E-state index is -5.00. The molecule has 1 aromatic heterocycles. The minimum absolute atomic E-state index is 0.171. The second kappa shape index (κ2) is 7.44. The molecule has 3 aromatic rings. The van der Waals surface area contributed by atoms with Crippen molar-refractivity contribution in [2.24, 2.45) is 0 Å². The van der Waals surface area contributed by atoms with E-state index < -0.39 is 28.3 Å². The summed E-state index contributed by atoms with van der Waals surface area (Å²) in [5.41, 5.74) is 1.34. The van der Waals surface area contributed by atoms with E-state index in [2.05, 4.69) is 4.74 Å². The maximum atomic E-state index is 12.9. The number of likely N-dealkylation sites (tertiary alicyclic amines) is 1. The Morgan fingerprint density at radius 2 is 1.73 bits per heavy atom. The molecule has 30 heavy (non-hydrogen) atoms. The summed E-state index contributed by atoms with van der Waals surface area (Å²) in [7, 11) is -3.76. The fourth-order valence-corrected chi connectivity index (χ4v) is 4.81. The first-order valence-corrected chi connectivity index (χ1v) is 10.5. The number of hydrogen-bond acceptors (Lipinski definition) is 5. The van der Waals surface area contributed by atoms with Crippen LogP contribution in [0.1, 0.15) is 5.56 Å². The smallest absolute Gasteiger partial charge is 0.453 e. The summed E-state index contributed by atoms with van der Waals surface area (Å²) in [4.78, 5) is 12.9. The summed E-state index contributed by atoms with van der Waals surface area (Å²) in [5.74, 6) is -2.18. The molecule has 1 fully saturated rings. The number of alkyl halides is 3. The zero-order chi connectivity index (χ0) is 21.5. The Bertz CT molecular complexity index is 1180. The quantitative estimate of drug-likeness (QED) is 0.573. The summed E-state index contributed by atoms with van der Waals surface area (Å²) >= 11 is 0. The van der Waals surface area contributed by atoms with Gasteiger partial charge in [-0.3, -0.25) is 4.90 Å². The van der Waals surface area contributed by atoms with E-state index in [-0.39, 0.29) is 18.0 Å². The van der Waals surface area contributed by atoms with Crippen LogP contribution in [0.4, 0.5) is 13.2 Å². The van der Waals surface area contributed by atoms with Crippen molar-refractivity contribution in [2.45, 2.75) is 23.7 Å². The van der Waals surface area contributed by atoms with Crippen molar-refractivity contribution in [3.63, 3.8) is 0 Å². The molecule has 1 aliphatic heterocycles. The molecule has 10 heteroatoms. The van der Waals surface area contributed by atoms with Gasteiger partial charge in [0, 0.05) is 31.2 Å². The van der Waals surface area contributed by atoms with Gasteiger partial charge in [-0.2, -0.15) is 13.2 Å². The lowest BCUT2D eigenvalue weighted by atomic mass is 10.1. The molecule has 0 bridgehead atoms. The van der Waals surface area contributed by atoms with E-state index in [0.29, 0.717) is 12.1 Å². The summed E-state index contributed by atoms with van der Waals surface area (Å²) < 4.78 is 68.3. The highest BCUT2D eigenvalue weighted by molar-refractivity contribution is 7.90. The number of ether oxygens (including phenoxy) is 1. The monoisotopic (exact) mass is 438 g/mol. The van der Waals surface area contributed by atoms with E-state index in [0.717, 1.165) is 10.9 Å². The largest absolute Gasteiger partial charge is 0.490 e. The van der Waals surface area contributed by atoms with Crippen LogP contribution in [-0.4, -0.2) is 48.6 Å². The number of benzene rings is 2. The zero-order valence-corrected chi connectivity index (χ0v) is 16.4. The molecule has 0 radical (unpaired) electrons. The van der Waals surface area contributed by atoms with E-state index in [1.165, 1.54) is 22.3 Å². The van der Waals surface area contributed by atoms with Gasteiger partial charge >= 0.3 is 12.1 Å². The number of halogens is 3. The van der Waals surface area contributed by atoms with Crippen LogP contribution in [-0.2, 0) is 26.1 Å². The number of esters is 1. The number of fused-ring (bicyclic) bond motifs is 1. The average Bonchev–Trinajstić information content (AvgIpc) is 3.12. The maximum absolute atomic E-state index is 12.9. The van der Waals surface area contributed by atoms with Crippen LogP contribution in [0.25, 0.3) is 10.9 Å². The lowest BCUT2D eigenvalue weighted by Gasteiger charge is -2.38. The van der Waals surface area contributed by atoms with Crippen molar-refractivity contribution in [3.8, 4) is 0 Å². The Morgan fingerprint density at radius 3 is 2.40 bits per heavy atom. The Morgan fingerprint density at radius 1 is 1.03 bits per heavy atom. The molecule has 1 saturated heterocycles. The van der Waals surface area contributed by atoms with Gasteiger partial charge in [0.25, 0.3) is 10.0 Å². The van der Waals surface area contributed by atoms with E-state index in [4.69, 9.17) is 0 Å². The van der Waals surface area contributed by atoms with E-state index >= 15 is 0 Å². The molecule has 0 unspecified atom stereocenters. The van der Waals surface area contributed by atoms with Gasteiger partial charge in [-0.15, -0.1) is 0 Å². The van der Waals surface area contributed by atoms with Gasteiger partial charge in [-0.25, -0.2) is 17.2 Å². The van der Waals surface area contributed by atoms with Crippen molar-refractivity contribution in [1.82, 2.24) is 8.87 Å². The molecule has 0 amide bonds. The number of hydrogen-bond donors (Lipinski definition) is 0. The Labute approximate surface area is 170 Å². The molecular weight excluding hydrogens is 421 g/mol. The molecule has 0 saturated carbocycles. The van der Waals surface area contributed by atoms with Gasteiger partial charge in [0.05, 0.1) is 10.4 Å². The van der Waals surface area contributed by atoms with Crippen molar-refractivity contribution < 1.29 is 31.1 Å². The second-order valence-electron chi connectivity index (χ2n) is 7.00. The molecule has 6 nitrogen and oxygen atoms in total. The molecule has 0 atom stereocenters. The highest BCUT2D eigenvalue weighted by Gasteiger charge is 2.44. The third-order valence-electron chi connectivity index (χ3n) is 4.91. The highest BCUT2D eigenvalue weighted by Crippen LogP contribution is 2.27. The summed E-state index contributed by atoms with van der Waals surface area (Å²) in [6.07, 6.45) is -4.32. The highest BCUT2D eigenvalue weighted by atomic mass is 32.2. The molecule has 0 N–H and O–H groups in total. The number of carbonyl (C=O) groups excluding carboxylic acids is 1. The Balaban J connectivity index is 1.51. The summed E-state index contributed by atoms with van der Waals surface area (Å²) in [6, 6.07) is 15.0. The first-order chi connectivity index (χ1) is 14.2. The van der Waals surface area contributed by atoms with Gasteiger partial charge < -0.3 is 4.74 Å². The third-order valence-corrected chi connectivity index (χ3v) is 6.61. The SMILES string of the molecule is O=C(OC1CN(Cc2cccc3c2ccn3S(=O)(=O)c2ccccc2)C1)C(F)(F)F. The Kier molecular flexibility index (Phi) is 5.07. The zero-order valence-electron chi connectivity index (χ0n) is 15.5. The molecular formula is C20H17F3N2O4S. The number of carbonyl (C=O) groups is 1. The van der Waals surface area contributed by atoms with Gasteiger partial charge in [0.2, 0.25) is 0 Å². The van der Waals surface area contributed by atoms with Crippen LogP contribution >= 0.6 is 0 Å². The second-order valence-corrected chi connectivity index (χ2v) is 8.81. The van der Waals surface area contributed by atoms with Crippen LogP contribution in [0.3, 0.4) is 0 Å². The number of rotatable bonds is 5. The Hall–Kier alpha value is -2.85. The van der Waals surface area contributed by atoms with Crippen molar-refractivity contribution in [3.05, 3.63) is 66.4 Å². The van der Waals surface area contributed by atoms with Gasteiger partial charge in [-0.05, 0) is 29.8 Å². The molecule has 0 spiro atoms. The average molecular weight is 438 g/mol. The van der Waals surface area contributed by atoms with Crippen LogP contribution in [0.5, 0.6) is 0 Å². The number of nitrogens with zero attached hydrogens (tertiary/aromatic N) is 2. The fourth-order valence-electron chi connectivity index (χ4n) is 3.45. The molecule has 2 heterocycles. The minimum Gasteiger partial charge on any atom is -0.453 e. The van der Waals surface area contributed by atoms with Crippen LogP contribution < -0.4 is 0 Å². The van der Waals surface area contributed by atoms with Gasteiger partial charge in [0.1, 0.15) is 6.10 Å². The van der Waals surface area contributed by atoms with Crippen LogP contribution in [0.2, 0.25) is 0 Å².